The van der Waals surface area contributed by atoms with Gasteiger partial charge in [0.15, 0.2) is 0 Å². The second-order valence-corrected chi connectivity index (χ2v) is 3.49. The van der Waals surface area contributed by atoms with Crippen LogP contribution in [0, 0.1) is 0 Å². The van der Waals surface area contributed by atoms with E-state index < -0.39 is 5.97 Å². The normalized spacial score (nSPS) is 10.7. The molecular weight excluding hydrogens is 220 g/mol. The van der Waals surface area contributed by atoms with Crippen molar-refractivity contribution in [1.29, 1.82) is 0 Å². The zero-order chi connectivity index (χ0) is 11.7. The van der Waals surface area contributed by atoms with Crippen LogP contribution in [0.4, 0.5) is 0 Å². The van der Waals surface area contributed by atoms with E-state index in [1.807, 2.05) is 0 Å². The lowest BCUT2D eigenvalue weighted by Crippen LogP contribution is -2.23. The number of nitrogens with one attached hydrogen (secondary N) is 1. The molecular formula is C8H14N2O4S. The lowest BCUT2D eigenvalue weighted by molar-refractivity contribution is -0.132. The minimum absolute atomic E-state index is 0.112. The zero-order valence-electron chi connectivity index (χ0n) is 8.90. The molecule has 0 saturated heterocycles. The summed E-state index contributed by atoms with van der Waals surface area (Å²) in [6.07, 6.45) is 0. The molecule has 0 unspecified atom stereocenters. The van der Waals surface area contributed by atoms with Crippen LogP contribution in [-0.2, 0) is 19.2 Å². The molecule has 0 fully saturated rings. The Kier molecular flexibility index (Phi) is 7.43. The third-order valence-electron chi connectivity index (χ3n) is 1.25. The van der Waals surface area contributed by atoms with Crippen molar-refractivity contribution in [3.8, 4) is 0 Å². The first-order valence-electron chi connectivity index (χ1n) is 4.18. The highest BCUT2D eigenvalue weighted by atomic mass is 32.2. The van der Waals surface area contributed by atoms with Crippen LogP contribution in [0.2, 0.25) is 0 Å². The molecule has 15 heavy (non-hydrogen) atoms. The number of amides is 1. The van der Waals surface area contributed by atoms with Gasteiger partial charge in [-0.25, -0.2) is 4.79 Å². The maximum Gasteiger partial charge on any atom is 0.366 e. The van der Waals surface area contributed by atoms with Gasteiger partial charge in [-0.3, -0.25) is 4.79 Å². The molecule has 7 heteroatoms. The van der Waals surface area contributed by atoms with E-state index in [-0.39, 0.29) is 11.0 Å². The highest BCUT2D eigenvalue weighted by molar-refractivity contribution is 8.15. The summed E-state index contributed by atoms with van der Waals surface area (Å²) in [5.41, 5.74) is 0. The lowest BCUT2D eigenvalue weighted by Gasteiger charge is -2.03. The third-order valence-corrected chi connectivity index (χ3v) is 2.17. The number of esters is 1. The highest BCUT2D eigenvalue weighted by Gasteiger charge is 2.12. The van der Waals surface area contributed by atoms with Crippen molar-refractivity contribution in [3.63, 3.8) is 0 Å². The fraction of sp³-hybridized carbons (Fsp3) is 0.625. The van der Waals surface area contributed by atoms with E-state index in [0.29, 0.717) is 12.3 Å². The Labute approximate surface area is 92.4 Å². The zero-order valence-corrected chi connectivity index (χ0v) is 9.72. The van der Waals surface area contributed by atoms with Crippen molar-refractivity contribution in [2.45, 2.75) is 6.92 Å². The lowest BCUT2D eigenvalue weighted by atomic mass is 10.6. The van der Waals surface area contributed by atoms with Crippen LogP contribution in [0.3, 0.4) is 0 Å². The van der Waals surface area contributed by atoms with Crippen molar-refractivity contribution < 1.29 is 19.2 Å². The van der Waals surface area contributed by atoms with Crippen LogP contribution in [-0.4, -0.2) is 43.4 Å². The topological polar surface area (TPSA) is 77.0 Å². The van der Waals surface area contributed by atoms with Crippen molar-refractivity contribution in [3.05, 3.63) is 0 Å². The number of thioether (sulfide) groups is 1. The summed E-state index contributed by atoms with van der Waals surface area (Å²) >= 11 is 1.16. The number of carbonyl (C=O) groups is 2. The molecule has 0 saturated carbocycles. The van der Waals surface area contributed by atoms with Crippen molar-refractivity contribution in [1.82, 2.24) is 5.32 Å². The maximum atomic E-state index is 11.1. The average molecular weight is 234 g/mol. The van der Waals surface area contributed by atoms with E-state index in [2.05, 4.69) is 20.0 Å². The number of oxime groups is 1. The molecule has 0 heterocycles. The van der Waals surface area contributed by atoms with Crippen LogP contribution in [0.25, 0.3) is 0 Å². The first-order valence-corrected chi connectivity index (χ1v) is 5.17. The number of hydrogen-bond donors (Lipinski definition) is 1. The molecule has 0 aliphatic carbocycles. The van der Waals surface area contributed by atoms with Crippen molar-refractivity contribution in [2.75, 3.05) is 26.5 Å². The largest absolute Gasteiger partial charge is 0.464 e. The first-order chi connectivity index (χ1) is 7.11. The standard InChI is InChI=1S/C8H14N2O4S/c1-6(11)9-4-5-15-7(10-14-3)8(12)13-2/h4-5H2,1-3H3,(H,9,11)/b10-7+. The van der Waals surface area contributed by atoms with Gasteiger partial charge in [0.05, 0.1) is 7.11 Å². The van der Waals surface area contributed by atoms with Crippen LogP contribution in [0.15, 0.2) is 5.16 Å². The van der Waals surface area contributed by atoms with Crippen LogP contribution < -0.4 is 5.32 Å². The number of rotatable bonds is 4. The van der Waals surface area contributed by atoms with Gasteiger partial charge in [0.2, 0.25) is 11.0 Å². The molecule has 0 aliphatic heterocycles. The summed E-state index contributed by atoms with van der Waals surface area (Å²) in [7, 11) is 2.61. The van der Waals surface area contributed by atoms with Gasteiger partial charge in [-0.2, -0.15) is 0 Å². The van der Waals surface area contributed by atoms with E-state index in [1.165, 1.54) is 21.1 Å². The number of ether oxygens (including phenoxy) is 1. The van der Waals surface area contributed by atoms with Gasteiger partial charge in [0.1, 0.15) is 7.11 Å². The molecule has 0 rings (SSSR count). The first kappa shape index (κ1) is 13.8. The Hall–Kier alpha value is -1.24. The van der Waals surface area contributed by atoms with Gasteiger partial charge >= 0.3 is 5.97 Å². The SMILES string of the molecule is CO/N=C(/SCCNC(C)=O)C(=O)OC. The van der Waals surface area contributed by atoms with Gasteiger partial charge in [-0.15, -0.1) is 0 Å². The second-order valence-electron chi connectivity index (χ2n) is 2.40. The molecule has 0 aromatic carbocycles. The van der Waals surface area contributed by atoms with E-state index in [4.69, 9.17) is 0 Å². The predicted octanol–water partition coefficient (Wildman–Crippen LogP) is -0.0114. The fourth-order valence-electron chi connectivity index (χ4n) is 0.668. The molecule has 86 valence electrons. The average Bonchev–Trinajstić information content (AvgIpc) is 2.21. The minimum atomic E-state index is -0.551. The van der Waals surface area contributed by atoms with Gasteiger partial charge < -0.3 is 14.9 Å². The van der Waals surface area contributed by atoms with E-state index in [0.717, 1.165) is 11.8 Å². The molecule has 6 nitrogen and oxygen atoms in total. The molecule has 1 amide bonds. The van der Waals surface area contributed by atoms with E-state index in [1.54, 1.807) is 0 Å². The molecule has 0 aliphatic rings. The number of nitrogens with zero attached hydrogens (tertiary/aromatic N) is 1. The van der Waals surface area contributed by atoms with Crippen molar-refractivity contribution in [2.24, 2.45) is 5.16 Å². The number of methoxy groups -OCH3 is 1. The monoisotopic (exact) mass is 234 g/mol. The molecule has 0 bridgehead atoms. The van der Waals surface area contributed by atoms with Gasteiger partial charge in [-0.05, 0) is 0 Å². The third kappa shape index (κ3) is 6.78. The van der Waals surface area contributed by atoms with Gasteiger partial charge in [0, 0.05) is 19.2 Å². The summed E-state index contributed by atoms with van der Waals surface area (Å²) in [6.45, 7) is 1.88. The Morgan fingerprint density at radius 2 is 2.07 bits per heavy atom. The smallest absolute Gasteiger partial charge is 0.366 e. The molecule has 0 aromatic rings. The Morgan fingerprint density at radius 3 is 2.53 bits per heavy atom. The molecule has 0 atom stereocenters. The summed E-state index contributed by atoms with van der Waals surface area (Å²) in [5.74, 6) is -0.139. The minimum Gasteiger partial charge on any atom is -0.464 e. The maximum absolute atomic E-state index is 11.1. The van der Waals surface area contributed by atoms with Crippen LogP contribution >= 0.6 is 11.8 Å². The second kappa shape index (κ2) is 8.10. The van der Waals surface area contributed by atoms with Crippen molar-refractivity contribution >= 4 is 28.7 Å². The molecule has 0 radical (unpaired) electrons. The summed E-state index contributed by atoms with van der Waals surface area (Å²) < 4.78 is 4.49. The molecule has 0 spiro atoms. The highest BCUT2D eigenvalue weighted by Crippen LogP contribution is 2.05. The Bertz CT molecular complexity index is 255. The summed E-state index contributed by atoms with van der Waals surface area (Å²) in [5, 5.41) is 6.23. The summed E-state index contributed by atoms with van der Waals surface area (Å²) in [4.78, 5) is 26.1. The number of carbonyl (C=O) groups excluding carboxylic acids is 2. The predicted molar refractivity (Wildman–Crippen MR) is 57.6 cm³/mol. The Balaban J connectivity index is 3.93. The molecule has 0 aromatic heterocycles. The number of hydrogen-bond acceptors (Lipinski definition) is 6. The summed E-state index contributed by atoms with van der Waals surface area (Å²) in [6, 6.07) is 0. The van der Waals surface area contributed by atoms with Crippen LogP contribution in [0.1, 0.15) is 6.92 Å². The van der Waals surface area contributed by atoms with E-state index >= 15 is 0 Å². The van der Waals surface area contributed by atoms with Crippen LogP contribution in [0.5, 0.6) is 0 Å². The quantitative estimate of drug-likeness (QED) is 0.243. The van der Waals surface area contributed by atoms with Gasteiger partial charge in [-0.1, -0.05) is 16.9 Å². The van der Waals surface area contributed by atoms with Gasteiger partial charge in [0.25, 0.3) is 0 Å². The van der Waals surface area contributed by atoms with E-state index in [9.17, 15) is 9.59 Å². The molecule has 1 N–H and O–H groups in total. The fourth-order valence-corrected chi connectivity index (χ4v) is 1.39. The Morgan fingerprint density at radius 1 is 1.40 bits per heavy atom.